The predicted octanol–water partition coefficient (Wildman–Crippen LogP) is 2.89. The van der Waals surface area contributed by atoms with Gasteiger partial charge in [-0.3, -0.25) is 9.71 Å². The van der Waals surface area contributed by atoms with Gasteiger partial charge in [-0.2, -0.15) is 0 Å². The first-order valence-electron chi connectivity index (χ1n) is 7.75. The molecule has 1 aliphatic rings. The smallest absolute Gasteiger partial charge is 0.261 e. The second-order valence-electron chi connectivity index (χ2n) is 5.49. The Bertz CT molecular complexity index is 896. The molecule has 2 N–H and O–H groups in total. The lowest BCUT2D eigenvalue weighted by Crippen LogP contribution is -2.30. The van der Waals surface area contributed by atoms with Crippen LogP contribution >= 0.6 is 11.6 Å². The van der Waals surface area contributed by atoms with Crippen LogP contribution in [0.5, 0.6) is 5.75 Å². The summed E-state index contributed by atoms with van der Waals surface area (Å²) in [6.45, 7) is 1.69. The number of nitrogens with one attached hydrogen (secondary N) is 2. The van der Waals surface area contributed by atoms with Crippen LogP contribution in [0, 0.1) is 0 Å². The maximum absolute atomic E-state index is 12.5. The molecule has 0 fully saturated rings. The van der Waals surface area contributed by atoms with Gasteiger partial charge < -0.3 is 10.1 Å². The van der Waals surface area contributed by atoms with E-state index in [2.05, 4.69) is 15.0 Å². The van der Waals surface area contributed by atoms with Gasteiger partial charge in [-0.1, -0.05) is 11.6 Å². The highest BCUT2D eigenvalue weighted by Gasteiger charge is 2.16. The van der Waals surface area contributed by atoms with Crippen molar-refractivity contribution in [2.45, 2.75) is 11.3 Å². The zero-order valence-electron chi connectivity index (χ0n) is 13.6. The molecule has 0 aliphatic carbocycles. The third kappa shape index (κ3) is 4.05. The number of hydrogen-bond acceptors (Lipinski definition) is 5. The minimum atomic E-state index is -3.73. The summed E-state index contributed by atoms with van der Waals surface area (Å²) in [7, 11) is -2.26. The molecule has 0 amide bonds. The van der Waals surface area contributed by atoms with Crippen LogP contribution in [0.3, 0.4) is 0 Å². The second kappa shape index (κ2) is 7.33. The number of aliphatic imine (C=N–C) groups is 1. The van der Waals surface area contributed by atoms with E-state index < -0.39 is 10.0 Å². The average Bonchev–Trinajstić information content (AvgIpc) is 2.62. The molecule has 132 valence electrons. The fourth-order valence-corrected chi connectivity index (χ4v) is 3.86. The molecular formula is C17H18ClN3O3S. The molecule has 0 atom stereocenters. The molecule has 2 aromatic carbocycles. The quantitative estimate of drug-likeness (QED) is 0.837. The summed E-state index contributed by atoms with van der Waals surface area (Å²) in [6.07, 6.45) is 1.02. The van der Waals surface area contributed by atoms with Gasteiger partial charge in [-0.15, -0.1) is 0 Å². The highest BCUT2D eigenvalue weighted by Crippen LogP contribution is 2.28. The third-order valence-electron chi connectivity index (χ3n) is 3.74. The van der Waals surface area contributed by atoms with E-state index in [0.717, 1.165) is 30.9 Å². The van der Waals surface area contributed by atoms with Gasteiger partial charge in [0.05, 0.1) is 17.0 Å². The Hall–Kier alpha value is -2.25. The summed E-state index contributed by atoms with van der Waals surface area (Å²) in [4.78, 5) is 4.49. The van der Waals surface area contributed by atoms with E-state index in [4.69, 9.17) is 16.3 Å². The number of amidine groups is 1. The van der Waals surface area contributed by atoms with Crippen LogP contribution in [0.2, 0.25) is 5.02 Å². The van der Waals surface area contributed by atoms with Crippen molar-refractivity contribution < 1.29 is 13.2 Å². The summed E-state index contributed by atoms with van der Waals surface area (Å²) in [6, 6.07) is 11.4. The molecule has 6 nitrogen and oxygen atoms in total. The fourth-order valence-electron chi connectivity index (χ4n) is 2.45. The third-order valence-corrected chi connectivity index (χ3v) is 5.42. The number of benzene rings is 2. The standard InChI is InChI=1S/C17H18ClN3O3S/c1-24-16-8-7-14(11-15(16)18)25(22,23)21-13-5-3-12(4-6-13)17-19-9-2-10-20-17/h3-8,11,21H,2,9-10H2,1H3,(H,19,20). The Morgan fingerprint density at radius 2 is 1.96 bits per heavy atom. The first-order chi connectivity index (χ1) is 12.0. The monoisotopic (exact) mass is 379 g/mol. The fraction of sp³-hybridized carbons (Fsp3) is 0.235. The Balaban J connectivity index is 1.79. The predicted molar refractivity (Wildman–Crippen MR) is 99.3 cm³/mol. The SMILES string of the molecule is COc1ccc(S(=O)(=O)Nc2ccc(C3=NCCCN3)cc2)cc1Cl. The maximum atomic E-state index is 12.5. The lowest BCUT2D eigenvalue weighted by atomic mass is 10.1. The van der Waals surface area contributed by atoms with Gasteiger partial charge in [0.15, 0.2) is 0 Å². The molecule has 0 spiro atoms. The molecule has 2 aromatic rings. The molecule has 0 unspecified atom stereocenters. The van der Waals surface area contributed by atoms with Crippen molar-refractivity contribution in [2.24, 2.45) is 4.99 Å². The number of rotatable bonds is 5. The van der Waals surface area contributed by atoms with Crippen LogP contribution in [-0.2, 0) is 10.0 Å². The van der Waals surface area contributed by atoms with Crippen LogP contribution in [0.1, 0.15) is 12.0 Å². The molecule has 25 heavy (non-hydrogen) atoms. The Morgan fingerprint density at radius 1 is 1.20 bits per heavy atom. The van der Waals surface area contributed by atoms with Crippen molar-refractivity contribution in [3.8, 4) is 5.75 Å². The number of ether oxygens (including phenoxy) is 1. The summed E-state index contributed by atoms with van der Waals surface area (Å²) < 4.78 is 32.6. The molecule has 0 aromatic heterocycles. The van der Waals surface area contributed by atoms with Crippen molar-refractivity contribution in [1.29, 1.82) is 0 Å². The number of anilines is 1. The van der Waals surface area contributed by atoms with E-state index in [1.54, 1.807) is 12.1 Å². The summed E-state index contributed by atoms with van der Waals surface area (Å²) >= 11 is 6.01. The molecule has 1 heterocycles. The van der Waals surface area contributed by atoms with Crippen molar-refractivity contribution in [1.82, 2.24) is 5.32 Å². The zero-order valence-corrected chi connectivity index (χ0v) is 15.2. The Morgan fingerprint density at radius 3 is 2.56 bits per heavy atom. The average molecular weight is 380 g/mol. The van der Waals surface area contributed by atoms with Crippen LogP contribution in [-0.4, -0.2) is 34.5 Å². The van der Waals surface area contributed by atoms with E-state index in [-0.39, 0.29) is 9.92 Å². The first-order valence-corrected chi connectivity index (χ1v) is 9.61. The van der Waals surface area contributed by atoms with Crippen molar-refractivity contribution in [2.75, 3.05) is 24.9 Å². The topological polar surface area (TPSA) is 79.8 Å². The first kappa shape index (κ1) is 17.6. The summed E-state index contributed by atoms with van der Waals surface area (Å²) in [5.41, 5.74) is 1.39. The van der Waals surface area contributed by atoms with Crippen LogP contribution in [0.15, 0.2) is 52.4 Å². The lowest BCUT2D eigenvalue weighted by molar-refractivity contribution is 0.414. The van der Waals surface area contributed by atoms with Gasteiger partial charge in [0.1, 0.15) is 11.6 Å². The van der Waals surface area contributed by atoms with E-state index in [0.29, 0.717) is 11.4 Å². The van der Waals surface area contributed by atoms with Gasteiger partial charge in [-0.05, 0) is 48.9 Å². The van der Waals surface area contributed by atoms with E-state index in [1.807, 2.05) is 12.1 Å². The number of sulfonamides is 1. The molecule has 8 heteroatoms. The van der Waals surface area contributed by atoms with Crippen LogP contribution in [0.4, 0.5) is 5.69 Å². The number of nitrogens with zero attached hydrogens (tertiary/aromatic N) is 1. The van der Waals surface area contributed by atoms with E-state index >= 15 is 0 Å². The molecule has 0 radical (unpaired) electrons. The van der Waals surface area contributed by atoms with Gasteiger partial charge >= 0.3 is 0 Å². The minimum Gasteiger partial charge on any atom is -0.495 e. The Kier molecular flexibility index (Phi) is 5.15. The number of methoxy groups -OCH3 is 1. The normalized spacial score (nSPS) is 14.4. The molecule has 3 rings (SSSR count). The molecule has 1 aliphatic heterocycles. The van der Waals surface area contributed by atoms with Gasteiger partial charge in [-0.25, -0.2) is 8.42 Å². The highest BCUT2D eigenvalue weighted by molar-refractivity contribution is 7.92. The minimum absolute atomic E-state index is 0.0701. The van der Waals surface area contributed by atoms with Crippen molar-refractivity contribution in [3.63, 3.8) is 0 Å². The number of hydrogen-bond donors (Lipinski definition) is 2. The Labute approximate surface area is 151 Å². The van der Waals surface area contributed by atoms with Gasteiger partial charge in [0, 0.05) is 24.3 Å². The number of halogens is 1. The summed E-state index contributed by atoms with van der Waals surface area (Å²) in [5, 5.41) is 3.47. The van der Waals surface area contributed by atoms with Gasteiger partial charge in [0.2, 0.25) is 0 Å². The highest BCUT2D eigenvalue weighted by atomic mass is 35.5. The van der Waals surface area contributed by atoms with Gasteiger partial charge in [0.25, 0.3) is 10.0 Å². The zero-order chi connectivity index (χ0) is 17.9. The maximum Gasteiger partial charge on any atom is 0.261 e. The van der Waals surface area contributed by atoms with Crippen LogP contribution in [0.25, 0.3) is 0 Å². The van der Waals surface area contributed by atoms with Crippen LogP contribution < -0.4 is 14.8 Å². The largest absolute Gasteiger partial charge is 0.495 e. The van der Waals surface area contributed by atoms with E-state index in [1.165, 1.54) is 25.3 Å². The summed E-state index contributed by atoms with van der Waals surface area (Å²) in [5.74, 6) is 1.26. The van der Waals surface area contributed by atoms with E-state index in [9.17, 15) is 8.42 Å². The second-order valence-corrected chi connectivity index (χ2v) is 7.58. The molecular weight excluding hydrogens is 362 g/mol. The van der Waals surface area contributed by atoms with Crippen molar-refractivity contribution in [3.05, 3.63) is 53.1 Å². The lowest BCUT2D eigenvalue weighted by Gasteiger charge is -2.15. The molecule has 0 bridgehead atoms. The molecule has 0 saturated carbocycles. The van der Waals surface area contributed by atoms with Crippen molar-refractivity contribution >= 4 is 33.1 Å². The molecule has 0 saturated heterocycles.